The Hall–Kier alpha value is -0.380. The minimum Gasteiger partial charge on any atom is -0.323 e. The fourth-order valence-corrected chi connectivity index (χ4v) is 2.08. The van der Waals surface area contributed by atoms with Gasteiger partial charge in [0.2, 0.25) is 0 Å². The first-order valence-corrected chi connectivity index (χ1v) is 6.21. The smallest absolute Gasteiger partial charge is 0.0424 e. The Kier molecular flexibility index (Phi) is 3.44. The highest BCUT2D eigenvalue weighted by Gasteiger charge is 2.21. The van der Waals surface area contributed by atoms with E-state index in [4.69, 9.17) is 5.73 Å². The molecular weight excluding hydrogens is 252 g/mol. The average Bonchev–Trinajstić information content (AvgIpc) is 3.02. The number of nitrogens with one attached hydrogen (secondary N) is 1. The first-order chi connectivity index (χ1) is 7.16. The molecule has 1 aromatic carbocycles. The van der Waals surface area contributed by atoms with Crippen LogP contribution >= 0.6 is 15.9 Å². The average molecular weight is 269 g/mol. The van der Waals surface area contributed by atoms with Crippen LogP contribution in [0.25, 0.3) is 0 Å². The van der Waals surface area contributed by atoms with Crippen LogP contribution in [0, 0.1) is 6.92 Å². The first-order valence-electron chi connectivity index (χ1n) is 5.42. The van der Waals surface area contributed by atoms with Crippen molar-refractivity contribution < 1.29 is 0 Å². The van der Waals surface area contributed by atoms with Crippen molar-refractivity contribution in [3.63, 3.8) is 0 Å². The van der Waals surface area contributed by atoms with E-state index in [1.54, 1.807) is 0 Å². The Balaban J connectivity index is 2.02. The molecule has 1 atom stereocenters. The van der Waals surface area contributed by atoms with E-state index in [0.29, 0.717) is 0 Å². The van der Waals surface area contributed by atoms with Gasteiger partial charge in [-0.15, -0.1) is 0 Å². The molecule has 2 rings (SSSR count). The number of nitrogens with two attached hydrogens (primary N) is 1. The largest absolute Gasteiger partial charge is 0.323 e. The van der Waals surface area contributed by atoms with Crippen molar-refractivity contribution in [2.24, 2.45) is 5.73 Å². The first kappa shape index (κ1) is 11.1. The summed E-state index contributed by atoms with van der Waals surface area (Å²) in [5.74, 6) is 0. The highest BCUT2D eigenvalue weighted by Crippen LogP contribution is 2.23. The van der Waals surface area contributed by atoms with Crippen molar-refractivity contribution in [3.05, 3.63) is 33.8 Å². The summed E-state index contributed by atoms with van der Waals surface area (Å²) in [6, 6.07) is 7.11. The molecule has 0 heterocycles. The predicted octanol–water partition coefficient (Wildman–Crippen LogP) is 2.51. The van der Waals surface area contributed by atoms with E-state index in [9.17, 15) is 0 Å². The Labute approximate surface area is 99.4 Å². The van der Waals surface area contributed by atoms with Gasteiger partial charge in [-0.05, 0) is 43.0 Å². The van der Waals surface area contributed by atoms with Crippen molar-refractivity contribution in [3.8, 4) is 0 Å². The minimum absolute atomic E-state index is 0.100. The number of hydrogen-bond acceptors (Lipinski definition) is 2. The van der Waals surface area contributed by atoms with E-state index in [0.717, 1.165) is 17.1 Å². The van der Waals surface area contributed by atoms with Crippen molar-refractivity contribution in [2.75, 3.05) is 6.54 Å². The molecule has 1 aromatic rings. The van der Waals surface area contributed by atoms with Gasteiger partial charge >= 0.3 is 0 Å². The predicted molar refractivity (Wildman–Crippen MR) is 66.8 cm³/mol. The summed E-state index contributed by atoms with van der Waals surface area (Å²) in [6.45, 7) is 2.99. The van der Waals surface area contributed by atoms with E-state index < -0.39 is 0 Å². The lowest BCUT2D eigenvalue weighted by molar-refractivity contribution is 0.593. The van der Waals surface area contributed by atoms with Gasteiger partial charge in [-0.25, -0.2) is 0 Å². The highest BCUT2D eigenvalue weighted by atomic mass is 79.9. The van der Waals surface area contributed by atoms with Crippen molar-refractivity contribution in [2.45, 2.75) is 31.8 Å². The van der Waals surface area contributed by atoms with Gasteiger partial charge in [-0.2, -0.15) is 0 Å². The minimum atomic E-state index is 0.100. The summed E-state index contributed by atoms with van der Waals surface area (Å²) in [5.41, 5.74) is 8.66. The zero-order valence-corrected chi connectivity index (χ0v) is 10.5. The zero-order chi connectivity index (χ0) is 10.8. The molecular formula is C12H17BrN2. The fourth-order valence-electron chi connectivity index (χ4n) is 1.70. The maximum Gasteiger partial charge on any atom is 0.0424 e. The summed E-state index contributed by atoms with van der Waals surface area (Å²) in [7, 11) is 0. The van der Waals surface area contributed by atoms with Crippen molar-refractivity contribution in [1.82, 2.24) is 5.32 Å². The van der Waals surface area contributed by atoms with Gasteiger partial charge in [-0.3, -0.25) is 0 Å². The Morgan fingerprint density at radius 3 is 2.93 bits per heavy atom. The maximum absolute atomic E-state index is 6.16. The normalized spacial score (nSPS) is 17.8. The van der Waals surface area contributed by atoms with Crippen LogP contribution in [0.3, 0.4) is 0 Å². The van der Waals surface area contributed by atoms with Crippen LogP contribution in [0.4, 0.5) is 0 Å². The van der Waals surface area contributed by atoms with E-state index in [1.165, 1.54) is 24.0 Å². The van der Waals surface area contributed by atoms with Gasteiger partial charge in [0.1, 0.15) is 0 Å². The Bertz CT molecular complexity index is 347. The third kappa shape index (κ3) is 3.03. The van der Waals surface area contributed by atoms with Crippen LogP contribution in [0.2, 0.25) is 0 Å². The second-order valence-corrected chi connectivity index (χ2v) is 5.21. The summed E-state index contributed by atoms with van der Waals surface area (Å²) >= 11 is 3.48. The molecule has 3 heteroatoms. The van der Waals surface area contributed by atoms with Gasteiger partial charge in [0.15, 0.2) is 0 Å². The molecule has 0 radical (unpaired) electrons. The lowest BCUT2D eigenvalue weighted by Gasteiger charge is -2.15. The van der Waals surface area contributed by atoms with Crippen molar-refractivity contribution >= 4 is 15.9 Å². The molecule has 0 bridgehead atoms. The van der Waals surface area contributed by atoms with Gasteiger partial charge in [0.05, 0.1) is 0 Å². The molecule has 1 unspecified atom stereocenters. The van der Waals surface area contributed by atoms with Crippen LogP contribution in [0.5, 0.6) is 0 Å². The second-order valence-electron chi connectivity index (χ2n) is 4.29. The van der Waals surface area contributed by atoms with Crippen LogP contribution in [-0.4, -0.2) is 12.6 Å². The molecule has 1 saturated carbocycles. The van der Waals surface area contributed by atoms with E-state index >= 15 is 0 Å². The summed E-state index contributed by atoms with van der Waals surface area (Å²) in [4.78, 5) is 0. The Morgan fingerprint density at radius 1 is 1.53 bits per heavy atom. The summed E-state index contributed by atoms with van der Waals surface area (Å²) in [5, 5.41) is 3.46. The van der Waals surface area contributed by atoms with E-state index in [1.807, 2.05) is 0 Å². The molecule has 82 valence electrons. The summed E-state index contributed by atoms with van der Waals surface area (Å²) < 4.78 is 1.10. The van der Waals surface area contributed by atoms with Crippen LogP contribution < -0.4 is 11.1 Å². The van der Waals surface area contributed by atoms with Crippen LogP contribution in [0.1, 0.15) is 30.0 Å². The number of benzene rings is 1. The quantitative estimate of drug-likeness (QED) is 0.881. The molecule has 3 N–H and O–H groups in total. The molecule has 0 amide bonds. The van der Waals surface area contributed by atoms with E-state index in [-0.39, 0.29) is 6.04 Å². The topological polar surface area (TPSA) is 38.0 Å². The number of aryl methyl sites for hydroxylation is 1. The lowest BCUT2D eigenvalue weighted by Crippen LogP contribution is -2.28. The molecule has 0 spiro atoms. The van der Waals surface area contributed by atoms with E-state index in [2.05, 4.69) is 46.4 Å². The third-order valence-corrected chi connectivity index (χ3v) is 3.34. The highest BCUT2D eigenvalue weighted by molar-refractivity contribution is 9.10. The molecule has 0 aromatic heterocycles. The SMILES string of the molecule is Cc1ccc(Br)cc1C(N)CNC1CC1. The third-order valence-electron chi connectivity index (χ3n) is 2.84. The van der Waals surface area contributed by atoms with Gasteiger partial charge in [0.25, 0.3) is 0 Å². The lowest BCUT2D eigenvalue weighted by atomic mass is 10.0. The summed E-state index contributed by atoms with van der Waals surface area (Å²) in [6.07, 6.45) is 2.62. The monoisotopic (exact) mass is 268 g/mol. The maximum atomic E-state index is 6.16. The molecule has 1 aliphatic rings. The molecule has 1 aliphatic carbocycles. The van der Waals surface area contributed by atoms with Gasteiger partial charge in [0, 0.05) is 23.1 Å². The fraction of sp³-hybridized carbons (Fsp3) is 0.500. The second kappa shape index (κ2) is 4.64. The number of hydrogen-bond donors (Lipinski definition) is 2. The van der Waals surface area contributed by atoms with Gasteiger partial charge < -0.3 is 11.1 Å². The van der Waals surface area contributed by atoms with Crippen LogP contribution in [-0.2, 0) is 0 Å². The number of rotatable bonds is 4. The zero-order valence-electron chi connectivity index (χ0n) is 8.96. The van der Waals surface area contributed by atoms with Crippen LogP contribution in [0.15, 0.2) is 22.7 Å². The van der Waals surface area contributed by atoms with Crippen molar-refractivity contribution in [1.29, 1.82) is 0 Å². The van der Waals surface area contributed by atoms with Gasteiger partial charge in [-0.1, -0.05) is 22.0 Å². The standard InChI is InChI=1S/C12H17BrN2/c1-8-2-3-9(13)6-11(8)12(14)7-15-10-4-5-10/h2-3,6,10,12,15H,4-5,7,14H2,1H3. The molecule has 2 nitrogen and oxygen atoms in total. The number of halogens is 1. The Morgan fingerprint density at radius 2 is 2.27 bits per heavy atom. The molecule has 15 heavy (non-hydrogen) atoms. The molecule has 0 aliphatic heterocycles. The molecule has 1 fully saturated rings. The molecule has 0 saturated heterocycles.